The van der Waals surface area contributed by atoms with Crippen LogP contribution in [0.25, 0.3) is 0 Å². The molecule has 0 heterocycles. The quantitative estimate of drug-likeness (QED) is 0.669. The molecule has 0 spiro atoms. The third-order valence-electron chi connectivity index (χ3n) is 3.00. The molecule has 0 atom stereocenters. The molecule has 0 bridgehead atoms. The molecule has 2 aromatic rings. The molecule has 0 saturated carbocycles. The third kappa shape index (κ3) is 3.60. The number of para-hydroxylation sites is 1. The van der Waals surface area contributed by atoms with E-state index in [1.165, 1.54) is 18.3 Å². The average molecular weight is 284 g/mol. The summed E-state index contributed by atoms with van der Waals surface area (Å²) in [5.41, 5.74) is 4.41. The first-order chi connectivity index (χ1) is 10.1. The first-order valence-electron chi connectivity index (χ1n) is 6.38. The summed E-state index contributed by atoms with van der Waals surface area (Å²) in [4.78, 5) is 11.9. The maximum Gasteiger partial charge on any atom is 0.275 e. The number of hydrazone groups is 1. The Kier molecular flexibility index (Phi) is 4.56. The molecule has 0 fully saturated rings. The number of nitrogens with zero attached hydrogens (tertiary/aromatic N) is 1. The van der Waals surface area contributed by atoms with Crippen LogP contribution in [0.2, 0.25) is 0 Å². The van der Waals surface area contributed by atoms with Gasteiger partial charge in [0.2, 0.25) is 0 Å². The molecule has 2 rings (SSSR count). The second-order valence-electron chi connectivity index (χ2n) is 4.44. The largest absolute Gasteiger partial charge is 0.507 e. The van der Waals surface area contributed by atoms with Crippen LogP contribution in [0.5, 0.6) is 11.5 Å². The van der Waals surface area contributed by atoms with Crippen molar-refractivity contribution in [2.24, 2.45) is 5.10 Å². The maximum atomic E-state index is 11.9. The van der Waals surface area contributed by atoms with Gasteiger partial charge in [-0.2, -0.15) is 5.10 Å². The van der Waals surface area contributed by atoms with Crippen molar-refractivity contribution in [2.45, 2.75) is 6.92 Å². The molecule has 5 nitrogen and oxygen atoms in total. The van der Waals surface area contributed by atoms with Crippen LogP contribution in [0, 0.1) is 6.92 Å². The van der Waals surface area contributed by atoms with Gasteiger partial charge in [-0.25, -0.2) is 5.43 Å². The maximum absolute atomic E-state index is 11.9. The minimum absolute atomic E-state index is 0.0808. The molecule has 0 aliphatic carbocycles. The molecule has 0 aromatic heterocycles. The summed E-state index contributed by atoms with van der Waals surface area (Å²) in [6.45, 7) is 1.94. The zero-order chi connectivity index (χ0) is 15.2. The second-order valence-corrected chi connectivity index (χ2v) is 4.44. The number of amides is 1. The van der Waals surface area contributed by atoms with E-state index in [0.717, 1.165) is 11.1 Å². The molecule has 0 aliphatic rings. The monoisotopic (exact) mass is 284 g/mol. The fraction of sp³-hybridized carbons (Fsp3) is 0.125. The van der Waals surface area contributed by atoms with E-state index in [1.807, 2.05) is 25.1 Å². The standard InChI is InChI=1S/C16H16N2O3/c1-11-7-8-13(21-2)9-12(11)10-17-18-16(20)14-5-3-4-6-15(14)19/h3-10,19H,1-2H3,(H,18,20)/b17-10+. The van der Waals surface area contributed by atoms with E-state index in [2.05, 4.69) is 10.5 Å². The zero-order valence-corrected chi connectivity index (χ0v) is 11.8. The highest BCUT2D eigenvalue weighted by atomic mass is 16.5. The number of ether oxygens (including phenoxy) is 1. The van der Waals surface area contributed by atoms with Crippen LogP contribution in [0.4, 0.5) is 0 Å². The highest BCUT2D eigenvalue weighted by Crippen LogP contribution is 2.16. The molecule has 0 saturated heterocycles. The number of rotatable bonds is 4. The van der Waals surface area contributed by atoms with E-state index in [4.69, 9.17) is 4.74 Å². The number of hydrogen-bond acceptors (Lipinski definition) is 4. The lowest BCUT2D eigenvalue weighted by atomic mass is 10.1. The zero-order valence-electron chi connectivity index (χ0n) is 11.8. The summed E-state index contributed by atoms with van der Waals surface area (Å²) in [5, 5.41) is 13.5. The highest BCUT2D eigenvalue weighted by Gasteiger charge is 2.08. The Labute approximate surface area is 122 Å². The third-order valence-corrected chi connectivity index (χ3v) is 3.00. The van der Waals surface area contributed by atoms with Gasteiger partial charge in [-0.3, -0.25) is 4.79 Å². The fourth-order valence-electron chi connectivity index (χ4n) is 1.77. The van der Waals surface area contributed by atoms with Crippen LogP contribution >= 0.6 is 0 Å². The van der Waals surface area contributed by atoms with Gasteiger partial charge in [-0.05, 0) is 36.8 Å². The molecule has 0 radical (unpaired) electrons. The van der Waals surface area contributed by atoms with Gasteiger partial charge < -0.3 is 9.84 Å². The van der Waals surface area contributed by atoms with Crippen LogP contribution in [0.15, 0.2) is 47.6 Å². The van der Waals surface area contributed by atoms with Gasteiger partial charge >= 0.3 is 0 Å². The number of aryl methyl sites for hydroxylation is 1. The normalized spacial score (nSPS) is 10.6. The van der Waals surface area contributed by atoms with Crippen molar-refractivity contribution >= 4 is 12.1 Å². The number of hydrogen-bond donors (Lipinski definition) is 2. The molecular weight excluding hydrogens is 268 g/mol. The van der Waals surface area contributed by atoms with Crippen LogP contribution in [-0.2, 0) is 0 Å². The van der Waals surface area contributed by atoms with Gasteiger partial charge in [0.05, 0.1) is 18.9 Å². The Balaban J connectivity index is 2.09. The second kappa shape index (κ2) is 6.56. The molecule has 1 amide bonds. The molecule has 0 aliphatic heterocycles. The molecule has 108 valence electrons. The Hall–Kier alpha value is -2.82. The first kappa shape index (κ1) is 14.6. The van der Waals surface area contributed by atoms with E-state index in [-0.39, 0.29) is 11.3 Å². The van der Waals surface area contributed by atoms with Crippen LogP contribution in [0.3, 0.4) is 0 Å². The van der Waals surface area contributed by atoms with Crippen LogP contribution in [-0.4, -0.2) is 24.3 Å². The van der Waals surface area contributed by atoms with Crippen molar-refractivity contribution in [1.82, 2.24) is 5.43 Å². The minimum atomic E-state index is -0.468. The van der Waals surface area contributed by atoms with Gasteiger partial charge in [-0.15, -0.1) is 0 Å². The van der Waals surface area contributed by atoms with Crippen molar-refractivity contribution in [1.29, 1.82) is 0 Å². The summed E-state index contributed by atoms with van der Waals surface area (Å²) in [6, 6.07) is 11.9. The number of nitrogens with one attached hydrogen (secondary N) is 1. The fourth-order valence-corrected chi connectivity index (χ4v) is 1.77. The summed E-state index contributed by atoms with van der Waals surface area (Å²) >= 11 is 0. The predicted octanol–water partition coefficient (Wildman–Crippen LogP) is 2.47. The Morgan fingerprint density at radius 2 is 2.05 bits per heavy atom. The van der Waals surface area contributed by atoms with Gasteiger partial charge in [0.15, 0.2) is 0 Å². The summed E-state index contributed by atoms with van der Waals surface area (Å²) in [5.74, 6) is 0.168. The number of carbonyl (C=O) groups is 1. The van der Waals surface area contributed by atoms with E-state index in [9.17, 15) is 9.90 Å². The topological polar surface area (TPSA) is 70.9 Å². The number of aromatic hydroxyl groups is 1. The smallest absolute Gasteiger partial charge is 0.275 e. The molecule has 2 aromatic carbocycles. The molecule has 0 unspecified atom stereocenters. The van der Waals surface area contributed by atoms with Gasteiger partial charge in [0.25, 0.3) is 5.91 Å². The Morgan fingerprint density at radius 3 is 2.76 bits per heavy atom. The van der Waals surface area contributed by atoms with Crippen LogP contribution in [0.1, 0.15) is 21.5 Å². The number of methoxy groups -OCH3 is 1. The van der Waals surface area contributed by atoms with Crippen molar-refractivity contribution in [2.75, 3.05) is 7.11 Å². The summed E-state index contributed by atoms with van der Waals surface area (Å²) < 4.78 is 5.14. The molecular formula is C16H16N2O3. The lowest BCUT2D eigenvalue weighted by Crippen LogP contribution is -2.17. The van der Waals surface area contributed by atoms with Crippen molar-refractivity contribution in [3.63, 3.8) is 0 Å². The summed E-state index contributed by atoms with van der Waals surface area (Å²) in [7, 11) is 1.59. The predicted molar refractivity (Wildman–Crippen MR) is 80.9 cm³/mol. The van der Waals surface area contributed by atoms with E-state index >= 15 is 0 Å². The first-order valence-corrected chi connectivity index (χ1v) is 6.38. The number of phenolic OH excluding ortho intramolecular Hbond substituents is 1. The molecule has 5 heteroatoms. The lowest BCUT2D eigenvalue weighted by Gasteiger charge is -2.04. The van der Waals surface area contributed by atoms with E-state index in [1.54, 1.807) is 19.2 Å². The SMILES string of the molecule is COc1ccc(C)c(/C=N/NC(=O)c2ccccc2O)c1. The molecule has 2 N–H and O–H groups in total. The van der Waals surface area contributed by atoms with E-state index < -0.39 is 5.91 Å². The van der Waals surface area contributed by atoms with Gasteiger partial charge in [0.1, 0.15) is 11.5 Å². The van der Waals surface area contributed by atoms with Crippen molar-refractivity contribution in [3.8, 4) is 11.5 Å². The van der Waals surface area contributed by atoms with Gasteiger partial charge in [0, 0.05) is 5.56 Å². The highest BCUT2D eigenvalue weighted by molar-refractivity contribution is 5.97. The van der Waals surface area contributed by atoms with Gasteiger partial charge in [-0.1, -0.05) is 18.2 Å². The summed E-state index contributed by atoms with van der Waals surface area (Å²) in [6.07, 6.45) is 1.54. The minimum Gasteiger partial charge on any atom is -0.507 e. The average Bonchev–Trinajstić information content (AvgIpc) is 2.49. The Bertz CT molecular complexity index is 681. The van der Waals surface area contributed by atoms with Crippen molar-refractivity contribution in [3.05, 3.63) is 59.2 Å². The number of phenols is 1. The van der Waals surface area contributed by atoms with Crippen molar-refractivity contribution < 1.29 is 14.6 Å². The number of carbonyl (C=O) groups excluding carboxylic acids is 1. The Morgan fingerprint density at radius 1 is 1.29 bits per heavy atom. The number of benzene rings is 2. The molecule has 21 heavy (non-hydrogen) atoms. The van der Waals surface area contributed by atoms with Crippen LogP contribution < -0.4 is 10.2 Å². The van der Waals surface area contributed by atoms with E-state index in [0.29, 0.717) is 5.75 Å². The lowest BCUT2D eigenvalue weighted by molar-refractivity contribution is 0.0952.